The molecule has 2 aromatic rings. The van der Waals surface area contributed by atoms with E-state index in [1.807, 2.05) is 13.0 Å². The molecule has 23 heavy (non-hydrogen) atoms. The van der Waals surface area contributed by atoms with Crippen molar-refractivity contribution in [1.82, 2.24) is 9.29 Å². The van der Waals surface area contributed by atoms with Gasteiger partial charge in [-0.3, -0.25) is 4.98 Å². The molecule has 0 N–H and O–H groups in total. The Hall–Kier alpha value is -1.94. The molecule has 1 heterocycles. The van der Waals surface area contributed by atoms with Crippen molar-refractivity contribution >= 4 is 21.6 Å². The molecule has 0 fully saturated rings. The van der Waals surface area contributed by atoms with Crippen molar-refractivity contribution < 1.29 is 8.42 Å². The molecule has 2 rings (SSSR count). The number of benzene rings is 1. The number of hydrogen-bond acceptors (Lipinski definition) is 4. The molecular formula is C16H16ClN3O2S. The van der Waals surface area contributed by atoms with E-state index >= 15 is 0 Å². The molecule has 0 spiro atoms. The van der Waals surface area contributed by atoms with Gasteiger partial charge in [0.15, 0.2) is 0 Å². The second-order valence-electron chi connectivity index (χ2n) is 4.98. The summed E-state index contributed by atoms with van der Waals surface area (Å²) in [7, 11) is -2.31. The van der Waals surface area contributed by atoms with Crippen molar-refractivity contribution in [3.05, 3.63) is 58.9 Å². The number of aromatic nitrogens is 1. The third kappa shape index (κ3) is 3.53. The average molecular weight is 350 g/mol. The van der Waals surface area contributed by atoms with Crippen LogP contribution in [-0.4, -0.2) is 24.8 Å². The van der Waals surface area contributed by atoms with Gasteiger partial charge < -0.3 is 0 Å². The first-order valence-electron chi connectivity index (χ1n) is 6.99. The number of rotatable bonds is 5. The van der Waals surface area contributed by atoms with E-state index in [1.165, 1.54) is 29.6 Å². The Kier molecular flexibility index (Phi) is 5.37. The molecule has 0 saturated carbocycles. The van der Waals surface area contributed by atoms with Gasteiger partial charge in [-0.1, -0.05) is 18.5 Å². The van der Waals surface area contributed by atoms with E-state index in [0.29, 0.717) is 11.4 Å². The second-order valence-corrected chi connectivity index (χ2v) is 7.38. The van der Waals surface area contributed by atoms with Crippen LogP contribution in [0, 0.1) is 11.3 Å². The van der Waals surface area contributed by atoms with Gasteiger partial charge in [-0.25, -0.2) is 8.42 Å². The van der Waals surface area contributed by atoms with E-state index in [9.17, 15) is 13.7 Å². The van der Waals surface area contributed by atoms with Gasteiger partial charge in [0.1, 0.15) is 11.0 Å². The Bertz CT molecular complexity index is 832. The molecule has 120 valence electrons. The summed E-state index contributed by atoms with van der Waals surface area (Å²) in [6.45, 7) is 1.91. The molecule has 1 aromatic heterocycles. The Balaban J connectivity index is 2.49. The summed E-state index contributed by atoms with van der Waals surface area (Å²) in [6, 6.07) is 9.31. The third-order valence-corrected chi connectivity index (χ3v) is 5.80. The summed E-state index contributed by atoms with van der Waals surface area (Å²) < 4.78 is 27.1. The number of nitrogens with zero attached hydrogens (tertiary/aromatic N) is 3. The fourth-order valence-corrected chi connectivity index (χ4v) is 4.14. The number of sulfonamides is 1. The molecule has 1 atom stereocenters. The first-order valence-corrected chi connectivity index (χ1v) is 8.81. The van der Waals surface area contributed by atoms with Crippen molar-refractivity contribution in [2.24, 2.45) is 0 Å². The van der Waals surface area contributed by atoms with Gasteiger partial charge in [0.25, 0.3) is 0 Å². The normalized spacial score (nSPS) is 12.8. The quantitative estimate of drug-likeness (QED) is 0.829. The lowest BCUT2D eigenvalue weighted by Gasteiger charge is -2.27. The Morgan fingerprint density at radius 1 is 1.30 bits per heavy atom. The molecular weight excluding hydrogens is 334 g/mol. The van der Waals surface area contributed by atoms with Crippen LogP contribution in [0.15, 0.2) is 47.6 Å². The fraction of sp³-hybridized carbons (Fsp3) is 0.250. The minimum absolute atomic E-state index is 0.0360. The zero-order valence-corrected chi connectivity index (χ0v) is 14.3. The number of nitriles is 1. The summed E-state index contributed by atoms with van der Waals surface area (Å²) in [5.41, 5.74) is 0.884. The predicted octanol–water partition coefficient (Wildman–Crippen LogP) is 3.38. The molecule has 5 nitrogen and oxygen atoms in total. The van der Waals surface area contributed by atoms with Gasteiger partial charge in [-0.15, -0.1) is 0 Å². The molecule has 0 amide bonds. The van der Waals surface area contributed by atoms with Gasteiger partial charge >= 0.3 is 0 Å². The van der Waals surface area contributed by atoms with Crippen LogP contribution in [0.4, 0.5) is 0 Å². The van der Waals surface area contributed by atoms with E-state index in [4.69, 9.17) is 11.6 Å². The highest BCUT2D eigenvalue weighted by Gasteiger charge is 2.30. The zero-order valence-electron chi connectivity index (χ0n) is 12.8. The van der Waals surface area contributed by atoms with Crippen LogP contribution in [0.3, 0.4) is 0 Å². The van der Waals surface area contributed by atoms with E-state index < -0.39 is 10.0 Å². The van der Waals surface area contributed by atoms with E-state index in [0.717, 1.165) is 5.56 Å². The molecule has 0 radical (unpaired) electrons. The van der Waals surface area contributed by atoms with E-state index in [-0.39, 0.29) is 16.5 Å². The fourth-order valence-electron chi connectivity index (χ4n) is 2.43. The summed E-state index contributed by atoms with van der Waals surface area (Å²) in [5, 5.41) is 9.52. The molecule has 7 heteroatoms. The number of hydrogen-bond donors (Lipinski definition) is 0. The molecule has 1 aromatic carbocycles. The lowest BCUT2D eigenvalue weighted by Crippen LogP contribution is -2.31. The van der Waals surface area contributed by atoms with Crippen molar-refractivity contribution in [3.63, 3.8) is 0 Å². The van der Waals surface area contributed by atoms with Crippen molar-refractivity contribution in [2.75, 3.05) is 7.05 Å². The van der Waals surface area contributed by atoms with Crippen molar-refractivity contribution in [2.45, 2.75) is 24.3 Å². The molecule has 1 unspecified atom stereocenters. The second kappa shape index (κ2) is 7.09. The van der Waals surface area contributed by atoms with Crippen molar-refractivity contribution in [3.8, 4) is 6.07 Å². The predicted molar refractivity (Wildman–Crippen MR) is 88.4 cm³/mol. The number of pyridine rings is 1. The smallest absolute Gasteiger partial charge is 0.244 e. The maximum absolute atomic E-state index is 12.9. The Morgan fingerprint density at radius 3 is 2.52 bits per heavy atom. The van der Waals surface area contributed by atoms with Crippen LogP contribution in [0.25, 0.3) is 0 Å². The highest BCUT2D eigenvalue weighted by atomic mass is 35.5. The average Bonchev–Trinajstić information content (AvgIpc) is 2.56. The standard InChI is InChI=1S/C16H16ClN3O2S/c1-3-15(12-6-8-19-9-7-12)20(2)23(21,22)16-5-4-14(17)10-13(16)11-18/h4-10,15H,3H2,1-2H3. The Morgan fingerprint density at radius 2 is 1.96 bits per heavy atom. The first kappa shape index (κ1) is 17.4. The molecule has 0 saturated heterocycles. The lowest BCUT2D eigenvalue weighted by atomic mass is 10.1. The van der Waals surface area contributed by atoms with E-state index in [2.05, 4.69) is 4.98 Å². The van der Waals surface area contributed by atoms with Gasteiger partial charge in [0.2, 0.25) is 10.0 Å². The highest BCUT2D eigenvalue weighted by Crippen LogP contribution is 2.30. The maximum Gasteiger partial charge on any atom is 0.244 e. The number of halogens is 1. The molecule has 0 bridgehead atoms. The van der Waals surface area contributed by atoms with E-state index in [1.54, 1.807) is 24.5 Å². The van der Waals surface area contributed by atoms with Crippen molar-refractivity contribution in [1.29, 1.82) is 5.26 Å². The van der Waals surface area contributed by atoms with Gasteiger partial charge in [-0.05, 0) is 42.3 Å². The van der Waals surface area contributed by atoms with Gasteiger partial charge in [0.05, 0.1) is 5.56 Å². The van der Waals surface area contributed by atoms with Crippen LogP contribution in [0.5, 0.6) is 0 Å². The van der Waals surface area contributed by atoms with Crippen LogP contribution in [0.1, 0.15) is 30.5 Å². The maximum atomic E-state index is 12.9. The minimum atomic E-state index is -3.83. The molecule has 0 aliphatic carbocycles. The van der Waals surface area contributed by atoms with Crippen LogP contribution >= 0.6 is 11.6 Å². The summed E-state index contributed by atoms with van der Waals surface area (Å²) in [5.74, 6) is 0. The summed E-state index contributed by atoms with van der Waals surface area (Å²) in [4.78, 5) is 3.91. The summed E-state index contributed by atoms with van der Waals surface area (Å²) in [6.07, 6.45) is 3.85. The largest absolute Gasteiger partial charge is 0.265 e. The zero-order chi connectivity index (χ0) is 17.0. The van der Waals surface area contributed by atoms with Crippen LogP contribution in [-0.2, 0) is 10.0 Å². The SMILES string of the molecule is CCC(c1ccncc1)N(C)S(=O)(=O)c1ccc(Cl)cc1C#N. The monoisotopic (exact) mass is 349 g/mol. The molecule has 0 aliphatic heterocycles. The van der Waals surface area contributed by atoms with Crippen LogP contribution in [0.2, 0.25) is 5.02 Å². The Labute approximate surface area is 141 Å². The lowest BCUT2D eigenvalue weighted by molar-refractivity contribution is 0.366. The van der Waals surface area contributed by atoms with Crippen LogP contribution < -0.4 is 0 Å². The first-order chi connectivity index (χ1) is 10.9. The minimum Gasteiger partial charge on any atom is -0.265 e. The molecule has 0 aliphatic rings. The van der Waals surface area contributed by atoms with Gasteiger partial charge in [0, 0.05) is 30.5 Å². The topological polar surface area (TPSA) is 74.1 Å². The highest BCUT2D eigenvalue weighted by molar-refractivity contribution is 7.89. The van der Waals surface area contributed by atoms with Gasteiger partial charge in [-0.2, -0.15) is 9.57 Å². The third-order valence-electron chi connectivity index (χ3n) is 3.64. The summed E-state index contributed by atoms with van der Waals surface area (Å²) >= 11 is 5.84.